The molecule has 1 amide bonds. The third kappa shape index (κ3) is 35.1. The second-order valence-corrected chi connectivity index (χ2v) is 42.4. The molecular formula is C101H103BBr4F18N8O13. The van der Waals surface area contributed by atoms with Crippen LogP contribution in [0.15, 0.2) is 127 Å². The van der Waals surface area contributed by atoms with E-state index in [0.717, 1.165) is 45.3 Å². The van der Waals surface area contributed by atoms with Gasteiger partial charge in [0, 0.05) is 128 Å². The maximum Gasteiger partial charge on any atom is 0.494 e. The van der Waals surface area contributed by atoms with E-state index in [1.165, 1.54) is 56.6 Å². The standard InChI is InChI=1S/C29H24BrF8N3O2.C24H26BrF2NO3.C19H19Br2F2NO2.C14H18BNO3.C10H8F6N2O2.C5H8O/c1-27(2,43)4-3-15-10-21(30)23(39-13-15)17(7-16-8-18(31)12-19(32)9-16)11-20(42)14-41-25-22(24(40-41)26(33)34)28(35,36)5-6-29(25,37)38;1-23(2,3)31-21(29)12-17(8-16-9-18(26)13-19(27)10-16)22-20(25)11-15(14-28-22)6-7-24(4,5)30;1-19(2,3)26-17(25)7-12(18-16(21)8-13(20)10-24-18)4-11-5-14(22)9-15(23)6-11;1-13(2)14(3,4)19-15(18-13)10-6-5-9-8-16-12(17)11(9)7-10;11-8(12)6-5-7(18(17-6)3-4(19)20)10(15,16)2-1-9(5,13)14;1-4-5(2,3)6/h8-10,12-13,17,26,43H,5-7,11,14H2,1-2H3;9-11,13-14,17,30H,8,12H2,1-5H3;5-6,8-10,12H,4,7H2,1-3H3;5-7H,8H2,1-4H3,(H,16,17);8H,1-3H2,(H,19,20);1,6H,2-3H3/t2*17-;12-;;;/m111.../s1. The number of hydrogen-bond acceptors (Lipinski definition) is 17. The summed E-state index contributed by atoms with van der Waals surface area (Å²) in [5.74, 6) is -12.3. The van der Waals surface area contributed by atoms with Crippen LogP contribution in [0, 0.1) is 70.9 Å². The molecular weight excluding hydrogens is 2210 g/mol. The summed E-state index contributed by atoms with van der Waals surface area (Å²) in [7, 11) is -0.413. The van der Waals surface area contributed by atoms with E-state index in [2.05, 4.69) is 124 Å². The number of aromatic nitrogens is 7. The largest absolute Gasteiger partial charge is 0.494 e. The molecule has 2 aliphatic carbocycles. The average molecular weight is 2310 g/mol. The SMILES string of the molecule is C#CC(C)(C)O.CC(C)(C)OC(=O)C[C@@H](Cc1cc(F)cc(F)c1)c1ncc(Br)cc1Br.CC(C)(O)C#Cc1cnc([C@@H](CC(=O)Cn2nc(C(F)F)c3c2C(F)(F)CCC3(F)F)Cc2cc(F)cc(F)c2)c(Br)c1.CC(C)(O)C#Cc1cnc([C@@H](CC(=O)OC(C)(C)C)Cc2cc(F)cc(F)c2)c(Br)c1.CC1(C)OB(c2ccc3c(c2)C(=O)NC3)OC1(C)C.O=C(O)Cn1nc(C(F)F)c2c1C(F)(F)CCC2(F)F. The molecule has 9 aromatic rings. The van der Waals surface area contributed by atoms with Gasteiger partial charge in [0.05, 0.1) is 52.3 Å². The number of nitrogens with one attached hydrogen (secondary N) is 1. The highest BCUT2D eigenvalue weighted by molar-refractivity contribution is 9.11. The van der Waals surface area contributed by atoms with Gasteiger partial charge in [-0.05, 0) is 282 Å². The third-order valence-electron chi connectivity index (χ3n) is 21.7. The number of ketones is 1. The number of halogens is 22. The van der Waals surface area contributed by atoms with Crippen molar-refractivity contribution >= 4 is 106 Å². The van der Waals surface area contributed by atoms with Gasteiger partial charge < -0.3 is 44.5 Å². The lowest BCUT2D eigenvalue weighted by atomic mass is 9.78. The fourth-order valence-corrected chi connectivity index (χ4v) is 17.5. The summed E-state index contributed by atoms with van der Waals surface area (Å²) in [6, 6.07) is 20.2. The Morgan fingerprint density at radius 3 is 1.15 bits per heavy atom. The summed E-state index contributed by atoms with van der Waals surface area (Å²) in [4.78, 5) is 73.4. The highest BCUT2D eigenvalue weighted by Crippen LogP contribution is 2.55. The molecule has 0 spiro atoms. The molecule has 2 aliphatic heterocycles. The maximum atomic E-state index is 14.8. The van der Waals surface area contributed by atoms with Gasteiger partial charge in [-0.25, -0.2) is 61.5 Å². The molecule has 5 aromatic heterocycles. The van der Waals surface area contributed by atoms with Gasteiger partial charge in [0.25, 0.3) is 42.4 Å². The van der Waals surface area contributed by atoms with Crippen LogP contribution in [0.2, 0.25) is 0 Å². The molecule has 7 heterocycles. The number of carbonyl (C=O) groups is 5. The first-order valence-electron chi connectivity index (χ1n) is 44.5. The number of aliphatic carboxylic acids is 1. The molecule has 4 aliphatic rings. The van der Waals surface area contributed by atoms with E-state index >= 15 is 0 Å². The Balaban J connectivity index is 0.000000224. The molecule has 5 N–H and O–H groups in total. The Kier molecular flexibility index (Phi) is 39.4. The van der Waals surface area contributed by atoms with Crippen LogP contribution in [0.5, 0.6) is 0 Å². The topological polar surface area (TPSA) is 290 Å². The van der Waals surface area contributed by atoms with Crippen molar-refractivity contribution in [2.24, 2.45) is 0 Å². The Morgan fingerprint density at radius 2 is 0.828 bits per heavy atom. The summed E-state index contributed by atoms with van der Waals surface area (Å²) < 4.78 is 274. The number of aliphatic hydroxyl groups is 3. The summed E-state index contributed by atoms with van der Waals surface area (Å²) >= 11 is 13.6. The first-order chi connectivity index (χ1) is 66.5. The molecule has 1 fully saturated rings. The molecule has 0 radical (unpaired) electrons. The van der Waals surface area contributed by atoms with E-state index in [0.29, 0.717) is 59.7 Å². The molecule has 13 rings (SSSR count). The molecule has 782 valence electrons. The fraction of sp³-hybridized carbons (Fsp3) is 0.446. The zero-order valence-electron chi connectivity index (χ0n) is 81.0. The van der Waals surface area contributed by atoms with Crippen LogP contribution in [0.4, 0.5) is 79.0 Å². The Bertz CT molecular complexity index is 6350. The number of pyridine rings is 3. The number of amides is 1. The number of esters is 2. The van der Waals surface area contributed by atoms with E-state index in [-0.39, 0.29) is 69.8 Å². The van der Waals surface area contributed by atoms with Crippen molar-refractivity contribution in [3.05, 3.63) is 252 Å². The number of fused-ring (bicyclic) bond motifs is 3. The first kappa shape index (κ1) is 120. The van der Waals surface area contributed by atoms with Crippen molar-refractivity contribution in [3.8, 4) is 36.0 Å². The predicted octanol–water partition coefficient (Wildman–Crippen LogP) is 23.1. The zero-order chi connectivity index (χ0) is 109. The number of nitrogens with zero attached hydrogens (tertiary/aromatic N) is 7. The normalized spacial score (nSPS) is 16.1. The molecule has 21 nitrogen and oxygen atoms in total. The van der Waals surface area contributed by atoms with Crippen LogP contribution in [0.3, 0.4) is 0 Å². The van der Waals surface area contributed by atoms with Crippen molar-refractivity contribution in [1.82, 2.24) is 39.8 Å². The number of ether oxygens (including phenoxy) is 2. The zero-order valence-corrected chi connectivity index (χ0v) is 87.4. The van der Waals surface area contributed by atoms with E-state index in [9.17, 15) is 113 Å². The molecule has 4 aromatic carbocycles. The Hall–Kier alpha value is -10.5. The minimum absolute atomic E-state index is 0.0182. The van der Waals surface area contributed by atoms with E-state index < -0.39 is 227 Å². The summed E-state index contributed by atoms with van der Waals surface area (Å²) in [5, 5.41) is 45.8. The van der Waals surface area contributed by atoms with Crippen LogP contribution >= 0.6 is 63.7 Å². The molecule has 0 saturated carbocycles. The second-order valence-electron chi connectivity index (χ2n) is 38.9. The van der Waals surface area contributed by atoms with Crippen molar-refractivity contribution in [2.75, 3.05) is 0 Å². The number of alkyl halides is 12. The molecule has 0 unspecified atom stereocenters. The van der Waals surface area contributed by atoms with Crippen molar-refractivity contribution in [2.45, 2.75) is 288 Å². The highest BCUT2D eigenvalue weighted by Gasteiger charge is 2.57. The predicted molar refractivity (Wildman–Crippen MR) is 513 cm³/mol. The molecule has 1 saturated heterocycles. The van der Waals surface area contributed by atoms with Crippen LogP contribution in [0.25, 0.3) is 0 Å². The van der Waals surface area contributed by atoms with Crippen LogP contribution in [0.1, 0.15) is 281 Å². The Morgan fingerprint density at radius 1 is 0.490 bits per heavy atom. The van der Waals surface area contributed by atoms with Crippen LogP contribution in [-0.2, 0) is 101 Å². The van der Waals surface area contributed by atoms with Gasteiger partial charge in [0.2, 0.25) is 0 Å². The lowest BCUT2D eigenvalue weighted by Gasteiger charge is -2.32. The van der Waals surface area contributed by atoms with Crippen molar-refractivity contribution in [1.29, 1.82) is 0 Å². The van der Waals surface area contributed by atoms with Gasteiger partial charge in [0.1, 0.15) is 98.8 Å². The van der Waals surface area contributed by atoms with Gasteiger partial charge in [-0.3, -0.25) is 48.3 Å². The minimum Gasteiger partial charge on any atom is -0.480 e. The molecule has 44 heteroatoms. The van der Waals surface area contributed by atoms with Gasteiger partial charge in [-0.15, -0.1) is 6.42 Å². The lowest BCUT2D eigenvalue weighted by Crippen LogP contribution is -2.41. The van der Waals surface area contributed by atoms with E-state index in [1.807, 2.05) is 52.0 Å². The maximum absolute atomic E-state index is 14.8. The number of carboxylic acid groups (broad SMARTS) is 1. The minimum atomic E-state index is -4.00. The number of hydrogen-bond donors (Lipinski definition) is 5. The molecule has 3 atom stereocenters. The number of carboxylic acids is 1. The van der Waals surface area contributed by atoms with Crippen LogP contribution < -0.4 is 10.8 Å². The fourth-order valence-electron chi connectivity index (χ4n) is 14.9. The van der Waals surface area contributed by atoms with Gasteiger partial charge >= 0.3 is 25.0 Å². The van der Waals surface area contributed by atoms with E-state index in [1.54, 1.807) is 81.5 Å². The third-order valence-corrected chi connectivity index (χ3v) is 24.1. The highest BCUT2D eigenvalue weighted by atomic mass is 79.9. The molecule has 145 heavy (non-hydrogen) atoms. The van der Waals surface area contributed by atoms with Crippen molar-refractivity contribution < 1.29 is 142 Å². The second kappa shape index (κ2) is 47.8. The number of benzene rings is 4. The quantitative estimate of drug-likeness (QED) is 0.0182. The van der Waals surface area contributed by atoms with E-state index in [4.69, 9.17) is 35.4 Å². The monoisotopic (exact) mass is 2300 g/mol. The average Bonchev–Trinajstić information content (AvgIpc) is 1.56. The summed E-state index contributed by atoms with van der Waals surface area (Å²) in [5.41, 5.74) is -8.44. The Labute approximate surface area is 859 Å². The molecule has 0 bridgehead atoms. The number of Topliss-reactive ketones (excluding diaryl/α,β-unsaturated/α-hetero) is 1. The summed E-state index contributed by atoms with van der Waals surface area (Å²) in [6.07, 6.45) is -3.30. The van der Waals surface area contributed by atoms with Gasteiger partial charge in [0.15, 0.2) is 5.78 Å². The number of terminal acetylenes is 1. The van der Waals surface area contributed by atoms with Gasteiger partial charge in [-0.2, -0.15) is 27.8 Å². The summed E-state index contributed by atoms with van der Waals surface area (Å²) in [6.45, 7) is 26.3. The van der Waals surface area contributed by atoms with Crippen LogP contribution in [-0.4, -0.2) is 131 Å². The van der Waals surface area contributed by atoms with Gasteiger partial charge in [-0.1, -0.05) is 41.7 Å². The lowest BCUT2D eigenvalue weighted by molar-refractivity contribution is -0.156. The smallest absolute Gasteiger partial charge is 0.480 e. The number of carbonyl (C=O) groups excluding carboxylic acids is 4. The number of rotatable bonds is 22. The van der Waals surface area contributed by atoms with Crippen molar-refractivity contribution in [3.63, 3.8) is 0 Å². The first-order valence-corrected chi connectivity index (χ1v) is 47.6.